The lowest BCUT2D eigenvalue weighted by atomic mass is 10.1. The Kier molecular flexibility index (Phi) is 7.11. The van der Waals surface area contributed by atoms with Gasteiger partial charge in [0.2, 0.25) is 0 Å². The smallest absolute Gasteiger partial charge is 0.181 e. The minimum atomic E-state index is 0.344. The summed E-state index contributed by atoms with van der Waals surface area (Å²) in [4.78, 5) is 11.6. The topological polar surface area (TPSA) is 26.3 Å². The first kappa shape index (κ1) is 13.0. The van der Waals surface area contributed by atoms with Gasteiger partial charge in [0.25, 0.3) is 0 Å². The second-order valence-electron chi connectivity index (χ2n) is 4.13. The quantitative estimate of drug-likeness (QED) is 0.496. The zero-order valence-electron chi connectivity index (χ0n) is 9.80. The van der Waals surface area contributed by atoms with Crippen LogP contribution >= 0.6 is 0 Å². The molecule has 0 unspecified atom stereocenters. The van der Waals surface area contributed by atoms with E-state index in [1.165, 1.54) is 19.3 Å². The van der Waals surface area contributed by atoms with Crippen LogP contribution in [0.2, 0.25) is 0 Å². The zero-order valence-corrected chi connectivity index (χ0v) is 10.6. The van der Waals surface area contributed by atoms with Crippen molar-refractivity contribution < 1.29 is 9.53 Å². The molecule has 0 aromatic heterocycles. The van der Waals surface area contributed by atoms with Crippen molar-refractivity contribution in [3.8, 4) is 0 Å². The van der Waals surface area contributed by atoms with E-state index in [0.29, 0.717) is 16.7 Å². The van der Waals surface area contributed by atoms with Gasteiger partial charge in [0.1, 0.15) is 11.5 Å². The molecule has 0 N–H and O–H groups in total. The fraction of sp³-hybridized carbons (Fsp3) is 0.917. The highest BCUT2D eigenvalue weighted by Crippen LogP contribution is 2.08. The van der Waals surface area contributed by atoms with Gasteiger partial charge in [-0.1, -0.05) is 26.2 Å². The molecule has 0 saturated carbocycles. The van der Waals surface area contributed by atoms with Crippen molar-refractivity contribution in [2.75, 3.05) is 30.5 Å². The highest BCUT2D eigenvalue weighted by Gasteiger charge is 2.24. The van der Waals surface area contributed by atoms with Crippen molar-refractivity contribution in [3.05, 3.63) is 0 Å². The largest absolute Gasteiger partial charge is 0.372 e. The second kappa shape index (κ2) is 8.17. The number of ketones is 1. The summed E-state index contributed by atoms with van der Waals surface area (Å²) in [7, 11) is 0.344. The molecule has 0 bridgehead atoms. The number of carbonyl (C=O) groups is 1. The SMILES string of the molecule is CCCCCCC(=O)C[S+]1CCOCC1. The van der Waals surface area contributed by atoms with Crippen LogP contribution < -0.4 is 0 Å². The van der Waals surface area contributed by atoms with E-state index in [1.54, 1.807) is 0 Å². The Labute approximate surface area is 96.1 Å². The minimum absolute atomic E-state index is 0.344. The molecule has 88 valence electrons. The summed E-state index contributed by atoms with van der Waals surface area (Å²) in [5.41, 5.74) is 0. The van der Waals surface area contributed by atoms with Gasteiger partial charge >= 0.3 is 0 Å². The molecule has 3 heteroatoms. The molecular weight excluding hydrogens is 208 g/mol. The van der Waals surface area contributed by atoms with Crippen LogP contribution in [0.3, 0.4) is 0 Å². The van der Waals surface area contributed by atoms with Crippen LogP contribution in [0.15, 0.2) is 0 Å². The number of Topliss-reactive ketones (excluding diaryl/α,β-unsaturated/α-hetero) is 1. The number of unbranched alkanes of at least 4 members (excludes halogenated alkanes) is 3. The highest BCUT2D eigenvalue weighted by atomic mass is 32.2. The molecule has 0 spiro atoms. The third kappa shape index (κ3) is 6.21. The van der Waals surface area contributed by atoms with Crippen LogP contribution in [0.1, 0.15) is 39.0 Å². The normalized spacial score (nSPS) is 17.9. The maximum Gasteiger partial charge on any atom is 0.181 e. The van der Waals surface area contributed by atoms with Crippen LogP contribution in [-0.2, 0) is 20.4 Å². The van der Waals surface area contributed by atoms with Gasteiger partial charge in [-0.05, 0) is 17.3 Å². The van der Waals surface area contributed by atoms with Crippen molar-refractivity contribution in [2.45, 2.75) is 39.0 Å². The van der Waals surface area contributed by atoms with E-state index in [9.17, 15) is 4.79 Å². The molecule has 0 aliphatic carbocycles. The number of carbonyl (C=O) groups excluding carboxylic acids is 1. The third-order valence-electron chi connectivity index (χ3n) is 2.71. The monoisotopic (exact) mass is 231 g/mol. The summed E-state index contributed by atoms with van der Waals surface area (Å²) in [6.45, 7) is 3.93. The maximum absolute atomic E-state index is 11.6. The molecule has 0 amide bonds. The molecule has 0 radical (unpaired) electrons. The molecule has 0 aromatic carbocycles. The fourth-order valence-electron chi connectivity index (χ4n) is 1.75. The van der Waals surface area contributed by atoms with Crippen molar-refractivity contribution in [1.29, 1.82) is 0 Å². The van der Waals surface area contributed by atoms with Gasteiger partial charge in [0.15, 0.2) is 11.5 Å². The van der Waals surface area contributed by atoms with E-state index in [4.69, 9.17) is 4.74 Å². The van der Waals surface area contributed by atoms with Gasteiger partial charge in [0, 0.05) is 6.42 Å². The summed E-state index contributed by atoms with van der Waals surface area (Å²) in [6, 6.07) is 0. The number of hydrogen-bond donors (Lipinski definition) is 0. The van der Waals surface area contributed by atoms with E-state index in [2.05, 4.69) is 6.92 Å². The summed E-state index contributed by atoms with van der Waals surface area (Å²) >= 11 is 0. The molecule has 1 fully saturated rings. The van der Waals surface area contributed by atoms with Crippen LogP contribution in [-0.4, -0.2) is 36.3 Å². The third-order valence-corrected chi connectivity index (χ3v) is 4.93. The van der Waals surface area contributed by atoms with E-state index < -0.39 is 0 Å². The van der Waals surface area contributed by atoms with Gasteiger partial charge in [-0.3, -0.25) is 4.79 Å². The van der Waals surface area contributed by atoms with Crippen molar-refractivity contribution in [3.63, 3.8) is 0 Å². The number of rotatable bonds is 7. The Morgan fingerprint density at radius 1 is 1.20 bits per heavy atom. The summed E-state index contributed by atoms with van der Waals surface area (Å²) < 4.78 is 5.29. The fourth-order valence-corrected chi connectivity index (χ4v) is 3.55. The molecule has 1 rings (SSSR count). The Balaban J connectivity index is 2.01. The first-order chi connectivity index (χ1) is 7.33. The van der Waals surface area contributed by atoms with E-state index >= 15 is 0 Å². The lowest BCUT2D eigenvalue weighted by Crippen LogP contribution is -2.31. The summed E-state index contributed by atoms with van der Waals surface area (Å²) in [5.74, 6) is 3.54. The first-order valence-electron chi connectivity index (χ1n) is 6.06. The van der Waals surface area contributed by atoms with Gasteiger partial charge in [-0.2, -0.15) is 0 Å². The van der Waals surface area contributed by atoms with Crippen molar-refractivity contribution >= 4 is 16.7 Å². The Bertz CT molecular complexity index is 176. The van der Waals surface area contributed by atoms with Gasteiger partial charge in [-0.25, -0.2) is 0 Å². The predicted octanol–water partition coefficient (Wildman–Crippen LogP) is 2.17. The van der Waals surface area contributed by atoms with Crippen molar-refractivity contribution in [2.24, 2.45) is 0 Å². The number of ether oxygens (including phenoxy) is 1. The summed E-state index contributed by atoms with van der Waals surface area (Å²) in [6.07, 6.45) is 5.65. The van der Waals surface area contributed by atoms with Crippen molar-refractivity contribution in [1.82, 2.24) is 0 Å². The molecule has 1 aliphatic heterocycles. The molecule has 1 saturated heterocycles. The molecule has 1 heterocycles. The van der Waals surface area contributed by atoms with Crippen LogP contribution in [0.4, 0.5) is 0 Å². The van der Waals surface area contributed by atoms with E-state index in [0.717, 1.165) is 43.3 Å². The molecule has 0 atom stereocenters. The average Bonchev–Trinajstić information content (AvgIpc) is 2.26. The molecule has 0 aromatic rings. The molecule has 1 aliphatic rings. The second-order valence-corrected chi connectivity index (χ2v) is 6.46. The standard InChI is InChI=1S/C12H23O2S/c1-2-3-4-5-6-12(13)11-15-9-7-14-8-10-15/h2-11H2,1H3/q+1. The highest BCUT2D eigenvalue weighted by molar-refractivity contribution is 7.97. The summed E-state index contributed by atoms with van der Waals surface area (Å²) in [5, 5.41) is 0. The van der Waals surface area contributed by atoms with E-state index in [1.807, 2.05) is 0 Å². The Morgan fingerprint density at radius 2 is 1.93 bits per heavy atom. The minimum Gasteiger partial charge on any atom is -0.372 e. The average molecular weight is 231 g/mol. The maximum atomic E-state index is 11.6. The lowest BCUT2D eigenvalue weighted by molar-refractivity contribution is -0.116. The molecule has 2 nitrogen and oxygen atoms in total. The van der Waals surface area contributed by atoms with E-state index in [-0.39, 0.29) is 0 Å². The Hall–Kier alpha value is -0.0200. The van der Waals surface area contributed by atoms with Crippen LogP contribution in [0.5, 0.6) is 0 Å². The predicted molar refractivity (Wildman–Crippen MR) is 66.6 cm³/mol. The lowest BCUT2D eigenvalue weighted by Gasteiger charge is -2.13. The Morgan fingerprint density at radius 3 is 2.60 bits per heavy atom. The first-order valence-corrected chi connectivity index (χ1v) is 7.79. The molecular formula is C12H23O2S+. The van der Waals surface area contributed by atoms with Crippen LogP contribution in [0, 0.1) is 0 Å². The van der Waals surface area contributed by atoms with Crippen LogP contribution in [0.25, 0.3) is 0 Å². The van der Waals surface area contributed by atoms with Gasteiger partial charge in [-0.15, -0.1) is 0 Å². The van der Waals surface area contributed by atoms with Gasteiger partial charge in [0.05, 0.1) is 13.2 Å². The number of hydrogen-bond acceptors (Lipinski definition) is 2. The zero-order chi connectivity index (χ0) is 10.9. The van der Waals surface area contributed by atoms with Gasteiger partial charge < -0.3 is 4.74 Å². The molecule has 15 heavy (non-hydrogen) atoms.